The molecule has 0 spiro atoms. The third kappa shape index (κ3) is 3.41. The fourth-order valence-electron chi connectivity index (χ4n) is 3.44. The van der Waals surface area contributed by atoms with Crippen LogP contribution in [-0.4, -0.2) is 18.0 Å². The molecule has 0 fully saturated rings. The zero-order valence-electron chi connectivity index (χ0n) is 15.3. The van der Waals surface area contributed by atoms with E-state index in [1.807, 2.05) is 30.3 Å². The number of halogens is 2. The van der Waals surface area contributed by atoms with Crippen molar-refractivity contribution in [3.05, 3.63) is 82.9 Å². The Morgan fingerprint density at radius 3 is 2.61 bits per heavy atom. The van der Waals surface area contributed by atoms with Crippen molar-refractivity contribution in [2.75, 3.05) is 18.1 Å². The molecule has 1 aliphatic rings. The van der Waals surface area contributed by atoms with Crippen LogP contribution in [0.5, 0.6) is 0 Å². The summed E-state index contributed by atoms with van der Waals surface area (Å²) in [6.07, 6.45) is 0.315. The topological polar surface area (TPSA) is 58.4 Å². The average Bonchev–Trinajstić information content (AvgIpc) is 2.66. The maximum absolute atomic E-state index is 14.1. The molecule has 142 valence electrons. The number of rotatable bonds is 3. The average molecular weight is 379 g/mol. The molecule has 1 heterocycles. The van der Waals surface area contributed by atoms with Crippen LogP contribution in [0.4, 0.5) is 25.0 Å². The number of nitrogens with zero attached hydrogens (tertiary/aromatic N) is 1. The van der Waals surface area contributed by atoms with Crippen molar-refractivity contribution >= 4 is 17.4 Å². The summed E-state index contributed by atoms with van der Waals surface area (Å²) < 4.78 is 27.4. The van der Waals surface area contributed by atoms with Crippen LogP contribution in [0, 0.1) is 11.6 Å². The Morgan fingerprint density at radius 1 is 1.04 bits per heavy atom. The molecule has 4 rings (SSSR count). The van der Waals surface area contributed by atoms with E-state index in [4.69, 9.17) is 5.73 Å². The molecule has 3 aromatic rings. The van der Waals surface area contributed by atoms with E-state index in [0.29, 0.717) is 24.2 Å². The molecule has 3 N–H and O–H groups in total. The van der Waals surface area contributed by atoms with Gasteiger partial charge in [-0.05, 0) is 58.1 Å². The summed E-state index contributed by atoms with van der Waals surface area (Å²) in [5, 5.41) is 2.84. The number of carbonyl (C=O) groups excluding carboxylic acids is 1. The summed E-state index contributed by atoms with van der Waals surface area (Å²) >= 11 is 0. The smallest absolute Gasteiger partial charge is 0.321 e. The number of nitrogen functional groups attached to an aromatic ring is 1. The van der Waals surface area contributed by atoms with Gasteiger partial charge in [0.15, 0.2) is 0 Å². The molecule has 2 amide bonds. The fraction of sp³-hybridized carbons (Fsp3) is 0.136. The summed E-state index contributed by atoms with van der Waals surface area (Å²) in [5.74, 6) is -1.17. The van der Waals surface area contributed by atoms with Crippen molar-refractivity contribution in [1.29, 1.82) is 0 Å². The van der Waals surface area contributed by atoms with Gasteiger partial charge in [-0.3, -0.25) is 0 Å². The highest BCUT2D eigenvalue weighted by Gasteiger charge is 2.20. The summed E-state index contributed by atoms with van der Waals surface area (Å²) in [5.41, 5.74) is 11.5. The summed E-state index contributed by atoms with van der Waals surface area (Å²) in [4.78, 5) is 13.4. The van der Waals surface area contributed by atoms with Crippen LogP contribution >= 0.6 is 0 Å². The van der Waals surface area contributed by atoms with Gasteiger partial charge < -0.3 is 16.0 Å². The zero-order chi connectivity index (χ0) is 19.8. The van der Waals surface area contributed by atoms with Gasteiger partial charge in [-0.1, -0.05) is 18.2 Å². The highest BCUT2D eigenvalue weighted by atomic mass is 19.1. The van der Waals surface area contributed by atoms with Crippen LogP contribution in [0.1, 0.15) is 16.7 Å². The number of carbonyl (C=O) groups is 1. The second-order valence-corrected chi connectivity index (χ2v) is 6.99. The quantitative estimate of drug-likeness (QED) is 0.644. The Bertz CT molecular complexity index is 1080. The Balaban J connectivity index is 1.75. The number of benzene rings is 3. The lowest BCUT2D eigenvalue weighted by Crippen LogP contribution is -2.35. The van der Waals surface area contributed by atoms with Gasteiger partial charge in [-0.25, -0.2) is 13.6 Å². The Kier molecular flexibility index (Phi) is 4.47. The minimum absolute atomic E-state index is 0.142. The second-order valence-electron chi connectivity index (χ2n) is 6.99. The van der Waals surface area contributed by atoms with Gasteiger partial charge in [0, 0.05) is 37.5 Å². The largest absolute Gasteiger partial charge is 0.399 e. The second kappa shape index (κ2) is 6.96. The lowest BCUT2D eigenvalue weighted by Gasteiger charge is -2.26. The minimum atomic E-state index is -0.598. The molecule has 0 saturated heterocycles. The lowest BCUT2D eigenvalue weighted by molar-refractivity contribution is 0.218. The molecule has 0 aliphatic carbocycles. The first-order chi connectivity index (χ1) is 13.4. The first-order valence-corrected chi connectivity index (χ1v) is 8.88. The molecule has 6 heteroatoms. The van der Waals surface area contributed by atoms with E-state index in [9.17, 15) is 13.6 Å². The number of hydrogen-bond acceptors (Lipinski definition) is 2. The maximum Gasteiger partial charge on any atom is 0.321 e. The molecule has 0 saturated carbocycles. The standard InChI is InChI=1S/C22H19F2N3O/c1-27-12-16-9-14(4-7-21(16)26-22(27)28)19-11-18(25)6-3-13(19)8-15-2-5-17(23)10-20(15)24/h2-7,9-11H,8,12,25H2,1H3,(H,26,28). The predicted octanol–water partition coefficient (Wildman–Crippen LogP) is 4.78. The van der Waals surface area contributed by atoms with Gasteiger partial charge in [0.1, 0.15) is 11.6 Å². The number of anilines is 2. The van der Waals surface area contributed by atoms with Crippen LogP contribution in [0.25, 0.3) is 11.1 Å². The highest BCUT2D eigenvalue weighted by molar-refractivity contribution is 5.92. The molecule has 0 aromatic heterocycles. The summed E-state index contributed by atoms with van der Waals surface area (Å²) in [6, 6.07) is 14.7. The normalized spacial score (nSPS) is 13.2. The number of urea groups is 1. The van der Waals surface area contributed by atoms with Gasteiger partial charge in [0.25, 0.3) is 0 Å². The van der Waals surface area contributed by atoms with E-state index in [1.54, 1.807) is 18.0 Å². The Labute approximate surface area is 161 Å². The van der Waals surface area contributed by atoms with Crippen LogP contribution in [0.2, 0.25) is 0 Å². The van der Waals surface area contributed by atoms with E-state index >= 15 is 0 Å². The highest BCUT2D eigenvalue weighted by Crippen LogP contribution is 2.33. The van der Waals surface area contributed by atoms with Gasteiger partial charge >= 0.3 is 6.03 Å². The third-order valence-electron chi connectivity index (χ3n) is 4.94. The van der Waals surface area contributed by atoms with Gasteiger partial charge in [-0.2, -0.15) is 0 Å². The van der Waals surface area contributed by atoms with Crippen LogP contribution in [0.15, 0.2) is 54.6 Å². The third-order valence-corrected chi connectivity index (χ3v) is 4.94. The lowest BCUT2D eigenvalue weighted by atomic mass is 9.92. The number of amides is 2. The van der Waals surface area contributed by atoms with E-state index in [1.165, 1.54) is 12.1 Å². The van der Waals surface area contributed by atoms with Crippen LogP contribution < -0.4 is 11.1 Å². The molecule has 28 heavy (non-hydrogen) atoms. The van der Waals surface area contributed by atoms with Crippen molar-refractivity contribution < 1.29 is 13.6 Å². The van der Waals surface area contributed by atoms with E-state index < -0.39 is 11.6 Å². The molecular formula is C22H19F2N3O. The van der Waals surface area contributed by atoms with Crippen molar-refractivity contribution in [2.24, 2.45) is 0 Å². The summed E-state index contributed by atoms with van der Waals surface area (Å²) in [7, 11) is 1.73. The van der Waals surface area contributed by atoms with Gasteiger partial charge in [0.05, 0.1) is 0 Å². The van der Waals surface area contributed by atoms with E-state index in [2.05, 4.69) is 5.32 Å². The summed E-state index contributed by atoms with van der Waals surface area (Å²) in [6.45, 7) is 0.499. The van der Waals surface area contributed by atoms with E-state index in [0.717, 1.165) is 34.0 Å². The van der Waals surface area contributed by atoms with Crippen LogP contribution in [-0.2, 0) is 13.0 Å². The Hall–Kier alpha value is -3.41. The number of nitrogens with two attached hydrogens (primary N) is 1. The molecule has 0 bridgehead atoms. The first-order valence-electron chi connectivity index (χ1n) is 8.88. The molecule has 0 unspecified atom stereocenters. The van der Waals surface area contributed by atoms with Crippen molar-refractivity contribution in [2.45, 2.75) is 13.0 Å². The molecular weight excluding hydrogens is 360 g/mol. The number of hydrogen-bond donors (Lipinski definition) is 2. The van der Waals surface area contributed by atoms with Gasteiger partial charge in [-0.15, -0.1) is 0 Å². The van der Waals surface area contributed by atoms with Crippen molar-refractivity contribution in [3.8, 4) is 11.1 Å². The number of nitrogens with one attached hydrogen (secondary N) is 1. The SMILES string of the molecule is CN1Cc2cc(-c3cc(N)ccc3Cc3ccc(F)cc3F)ccc2NC1=O. The van der Waals surface area contributed by atoms with Gasteiger partial charge in [0.2, 0.25) is 0 Å². The maximum atomic E-state index is 14.1. The molecule has 1 aliphatic heterocycles. The first kappa shape index (κ1) is 18.0. The zero-order valence-corrected chi connectivity index (χ0v) is 15.3. The van der Waals surface area contributed by atoms with Crippen molar-refractivity contribution in [3.63, 3.8) is 0 Å². The van der Waals surface area contributed by atoms with Crippen molar-refractivity contribution in [1.82, 2.24) is 4.90 Å². The fourth-order valence-corrected chi connectivity index (χ4v) is 3.44. The Morgan fingerprint density at radius 2 is 1.82 bits per heavy atom. The monoisotopic (exact) mass is 379 g/mol. The predicted molar refractivity (Wildman–Crippen MR) is 106 cm³/mol. The number of fused-ring (bicyclic) bond motifs is 1. The molecule has 0 atom stereocenters. The molecule has 4 nitrogen and oxygen atoms in total. The molecule has 0 radical (unpaired) electrons. The molecule has 3 aromatic carbocycles. The van der Waals surface area contributed by atoms with E-state index in [-0.39, 0.29) is 6.03 Å². The minimum Gasteiger partial charge on any atom is -0.399 e. The van der Waals surface area contributed by atoms with Crippen LogP contribution in [0.3, 0.4) is 0 Å².